The van der Waals surface area contributed by atoms with Crippen LogP contribution in [0.5, 0.6) is 0 Å². The molecule has 5 nitrogen and oxygen atoms in total. The number of nitriles is 1. The Balaban J connectivity index is 1.57. The lowest BCUT2D eigenvalue weighted by Gasteiger charge is -2.35. The van der Waals surface area contributed by atoms with Gasteiger partial charge in [0, 0.05) is 36.8 Å². The summed E-state index contributed by atoms with van der Waals surface area (Å²) in [4.78, 5) is 28.5. The number of piperazine rings is 1. The summed E-state index contributed by atoms with van der Waals surface area (Å²) in [5.74, 6) is -0.0742. The molecule has 6 heteroatoms. The van der Waals surface area contributed by atoms with Gasteiger partial charge in [-0.3, -0.25) is 9.59 Å². The van der Waals surface area contributed by atoms with Crippen molar-refractivity contribution < 1.29 is 9.59 Å². The second-order valence-corrected chi connectivity index (χ2v) is 6.61. The molecule has 2 aromatic carbocycles. The van der Waals surface area contributed by atoms with E-state index < -0.39 is 0 Å². The predicted molar refractivity (Wildman–Crippen MR) is 98.8 cm³/mol. The number of benzene rings is 2. The first kappa shape index (κ1) is 18.0. The van der Waals surface area contributed by atoms with Gasteiger partial charge in [0.25, 0.3) is 5.91 Å². The Morgan fingerprint density at radius 1 is 1.00 bits per heavy atom. The zero-order valence-corrected chi connectivity index (χ0v) is 14.9. The number of carbonyl (C=O) groups is 2. The number of nitrogens with zero attached hydrogens (tertiary/aromatic N) is 3. The minimum atomic E-state index is -0.107. The van der Waals surface area contributed by atoms with E-state index in [4.69, 9.17) is 16.9 Å². The predicted octanol–water partition coefficient (Wildman–Crippen LogP) is 2.74. The zero-order chi connectivity index (χ0) is 18.5. The Kier molecular flexibility index (Phi) is 5.55. The topological polar surface area (TPSA) is 64.4 Å². The van der Waals surface area contributed by atoms with Crippen LogP contribution in [0.4, 0.5) is 0 Å². The fourth-order valence-corrected chi connectivity index (χ4v) is 3.21. The van der Waals surface area contributed by atoms with Crippen LogP contribution in [0.15, 0.2) is 48.5 Å². The largest absolute Gasteiger partial charge is 0.339 e. The molecule has 0 unspecified atom stereocenters. The summed E-state index contributed by atoms with van der Waals surface area (Å²) in [7, 11) is 0. The van der Waals surface area contributed by atoms with E-state index in [0.717, 1.165) is 5.56 Å². The minimum absolute atomic E-state index is 0.0332. The molecule has 0 aliphatic carbocycles. The fourth-order valence-electron chi connectivity index (χ4n) is 3.00. The molecule has 1 fully saturated rings. The summed E-state index contributed by atoms with van der Waals surface area (Å²) in [6.07, 6.45) is 0.304. The van der Waals surface area contributed by atoms with Crippen molar-refractivity contribution in [2.75, 3.05) is 26.2 Å². The molecule has 0 atom stereocenters. The highest BCUT2D eigenvalue weighted by Gasteiger charge is 2.25. The SMILES string of the molecule is N#Cc1cccc(C(=O)N2CCN(C(=O)Cc3cccc(Cl)c3)CC2)c1. The van der Waals surface area contributed by atoms with Gasteiger partial charge in [-0.05, 0) is 35.9 Å². The van der Waals surface area contributed by atoms with Crippen molar-refractivity contribution in [3.8, 4) is 6.07 Å². The molecule has 2 aromatic rings. The van der Waals surface area contributed by atoms with Crippen LogP contribution in [0.25, 0.3) is 0 Å². The van der Waals surface area contributed by atoms with Crippen LogP contribution < -0.4 is 0 Å². The molecule has 0 bridgehead atoms. The summed E-state index contributed by atoms with van der Waals surface area (Å²) in [6, 6.07) is 16.0. The molecule has 2 amide bonds. The van der Waals surface area contributed by atoms with Gasteiger partial charge in [0.2, 0.25) is 5.91 Å². The van der Waals surface area contributed by atoms with Crippen molar-refractivity contribution in [3.63, 3.8) is 0 Å². The smallest absolute Gasteiger partial charge is 0.254 e. The Bertz CT molecular complexity index is 867. The van der Waals surface area contributed by atoms with E-state index in [1.165, 1.54) is 0 Å². The standard InChI is InChI=1S/C20H18ClN3O2/c21-18-6-2-3-15(12-18)13-19(25)23-7-9-24(10-8-23)20(26)17-5-1-4-16(11-17)14-22/h1-6,11-12H,7-10,13H2. The van der Waals surface area contributed by atoms with E-state index in [1.54, 1.807) is 46.2 Å². The van der Waals surface area contributed by atoms with Gasteiger partial charge < -0.3 is 9.80 Å². The number of amides is 2. The van der Waals surface area contributed by atoms with E-state index in [-0.39, 0.29) is 11.8 Å². The van der Waals surface area contributed by atoms with Crippen molar-refractivity contribution >= 4 is 23.4 Å². The van der Waals surface area contributed by atoms with Gasteiger partial charge in [0.05, 0.1) is 18.1 Å². The molecule has 0 N–H and O–H groups in total. The first-order valence-corrected chi connectivity index (χ1v) is 8.76. The fraction of sp³-hybridized carbons (Fsp3) is 0.250. The molecule has 1 aliphatic heterocycles. The lowest BCUT2D eigenvalue weighted by atomic mass is 10.1. The van der Waals surface area contributed by atoms with Gasteiger partial charge in [-0.2, -0.15) is 5.26 Å². The Labute approximate surface area is 157 Å². The number of halogens is 1. The maximum Gasteiger partial charge on any atom is 0.254 e. The molecular weight excluding hydrogens is 350 g/mol. The van der Waals surface area contributed by atoms with E-state index in [0.29, 0.717) is 48.7 Å². The van der Waals surface area contributed by atoms with Crippen LogP contribution in [0, 0.1) is 11.3 Å². The van der Waals surface area contributed by atoms with Crippen LogP contribution in [0.2, 0.25) is 5.02 Å². The molecule has 0 saturated carbocycles. The lowest BCUT2D eigenvalue weighted by molar-refractivity contribution is -0.131. The average molecular weight is 368 g/mol. The van der Waals surface area contributed by atoms with Crippen molar-refractivity contribution in [1.29, 1.82) is 5.26 Å². The first-order valence-electron chi connectivity index (χ1n) is 8.38. The maximum absolute atomic E-state index is 12.6. The highest BCUT2D eigenvalue weighted by atomic mass is 35.5. The third kappa shape index (κ3) is 4.22. The van der Waals surface area contributed by atoms with Crippen LogP contribution in [0.3, 0.4) is 0 Å². The quantitative estimate of drug-likeness (QED) is 0.837. The van der Waals surface area contributed by atoms with E-state index >= 15 is 0 Å². The minimum Gasteiger partial charge on any atom is -0.339 e. The highest BCUT2D eigenvalue weighted by molar-refractivity contribution is 6.30. The maximum atomic E-state index is 12.6. The van der Waals surface area contributed by atoms with Gasteiger partial charge in [-0.15, -0.1) is 0 Å². The van der Waals surface area contributed by atoms with Crippen molar-refractivity contribution in [2.24, 2.45) is 0 Å². The van der Waals surface area contributed by atoms with Crippen LogP contribution in [-0.4, -0.2) is 47.8 Å². The second-order valence-electron chi connectivity index (χ2n) is 6.17. The Hall–Kier alpha value is -2.84. The summed E-state index contributed by atoms with van der Waals surface area (Å²) in [5.41, 5.74) is 1.85. The summed E-state index contributed by atoms with van der Waals surface area (Å²) in [5, 5.41) is 9.58. The normalized spacial score (nSPS) is 14.0. The van der Waals surface area contributed by atoms with Gasteiger partial charge >= 0.3 is 0 Å². The van der Waals surface area contributed by atoms with Crippen molar-refractivity contribution in [1.82, 2.24) is 9.80 Å². The summed E-state index contributed by atoms with van der Waals surface area (Å²) >= 11 is 5.96. The summed E-state index contributed by atoms with van der Waals surface area (Å²) in [6.45, 7) is 1.97. The number of rotatable bonds is 3. The van der Waals surface area contributed by atoms with E-state index in [9.17, 15) is 9.59 Å². The van der Waals surface area contributed by atoms with Crippen molar-refractivity contribution in [3.05, 3.63) is 70.2 Å². The second kappa shape index (κ2) is 8.03. The highest BCUT2D eigenvalue weighted by Crippen LogP contribution is 2.14. The van der Waals surface area contributed by atoms with Gasteiger partial charge in [0.15, 0.2) is 0 Å². The molecule has 1 heterocycles. The zero-order valence-electron chi connectivity index (χ0n) is 14.2. The van der Waals surface area contributed by atoms with E-state index in [1.807, 2.05) is 18.2 Å². The number of hydrogen-bond acceptors (Lipinski definition) is 3. The van der Waals surface area contributed by atoms with E-state index in [2.05, 4.69) is 0 Å². The number of carbonyl (C=O) groups excluding carboxylic acids is 2. The molecule has 1 saturated heterocycles. The Morgan fingerprint density at radius 2 is 1.69 bits per heavy atom. The van der Waals surface area contributed by atoms with Gasteiger partial charge in [-0.1, -0.05) is 29.8 Å². The third-order valence-corrected chi connectivity index (χ3v) is 4.64. The molecule has 0 radical (unpaired) electrons. The monoisotopic (exact) mass is 367 g/mol. The average Bonchev–Trinajstić information content (AvgIpc) is 2.67. The van der Waals surface area contributed by atoms with Crippen LogP contribution in [0.1, 0.15) is 21.5 Å². The van der Waals surface area contributed by atoms with Crippen molar-refractivity contribution in [2.45, 2.75) is 6.42 Å². The molecule has 1 aliphatic rings. The van der Waals surface area contributed by atoms with Crippen LogP contribution in [-0.2, 0) is 11.2 Å². The molecule has 3 rings (SSSR count). The number of hydrogen-bond donors (Lipinski definition) is 0. The third-order valence-electron chi connectivity index (χ3n) is 4.40. The molecule has 26 heavy (non-hydrogen) atoms. The van der Waals surface area contributed by atoms with Gasteiger partial charge in [0.1, 0.15) is 0 Å². The van der Waals surface area contributed by atoms with Gasteiger partial charge in [-0.25, -0.2) is 0 Å². The van der Waals surface area contributed by atoms with Crippen LogP contribution >= 0.6 is 11.6 Å². The summed E-state index contributed by atoms with van der Waals surface area (Å²) < 4.78 is 0. The first-order chi connectivity index (χ1) is 12.6. The molecule has 0 aromatic heterocycles. The molecular formula is C20H18ClN3O2. The molecule has 132 valence electrons. The Morgan fingerprint density at radius 3 is 2.38 bits per heavy atom. The lowest BCUT2D eigenvalue weighted by Crippen LogP contribution is -2.51. The molecule has 0 spiro atoms.